The van der Waals surface area contributed by atoms with Gasteiger partial charge in [0, 0.05) is 39.3 Å². The number of hydrogen-bond donors (Lipinski definition) is 2. The number of rotatable bonds is 7. The molecule has 0 amide bonds. The number of hydrogen-bond acceptors (Lipinski definition) is 3. The molecular weight excluding hydrogens is 309 g/mol. The van der Waals surface area contributed by atoms with Crippen LogP contribution >= 0.6 is 0 Å². The smallest absolute Gasteiger partial charge is 0.373 e. The molecule has 0 bridgehead atoms. The fourth-order valence-corrected chi connectivity index (χ4v) is 2.62. The maximum atomic E-state index is 12.2. The van der Waals surface area contributed by atoms with Crippen LogP contribution < -0.4 is 10.6 Å². The number of guanidine groups is 1. The van der Waals surface area contributed by atoms with Gasteiger partial charge in [0.05, 0.1) is 18.6 Å². The molecule has 1 aliphatic rings. The second-order valence-electron chi connectivity index (χ2n) is 5.92. The molecule has 0 radical (unpaired) electrons. The Kier molecular flexibility index (Phi) is 8.68. The number of morpholine rings is 1. The van der Waals surface area contributed by atoms with Gasteiger partial charge in [0.15, 0.2) is 5.96 Å². The molecule has 0 aromatic carbocycles. The molecular formula is C15H29F3N4O. The predicted octanol–water partition coefficient (Wildman–Crippen LogP) is 1.99. The van der Waals surface area contributed by atoms with Gasteiger partial charge in [-0.15, -0.1) is 0 Å². The third-order valence-corrected chi connectivity index (χ3v) is 3.44. The number of halogens is 3. The first kappa shape index (κ1) is 20.0. The van der Waals surface area contributed by atoms with E-state index in [9.17, 15) is 13.2 Å². The lowest BCUT2D eigenvalue weighted by molar-refractivity contribution is -0.132. The third-order valence-electron chi connectivity index (χ3n) is 3.44. The summed E-state index contributed by atoms with van der Waals surface area (Å²) in [7, 11) is 0. The second-order valence-corrected chi connectivity index (χ2v) is 5.92. The minimum Gasteiger partial charge on any atom is -0.373 e. The molecule has 0 spiro atoms. The molecule has 1 rings (SSSR count). The average Bonchev–Trinajstić information content (AvgIpc) is 2.41. The first-order valence-electron chi connectivity index (χ1n) is 8.27. The van der Waals surface area contributed by atoms with Crippen molar-refractivity contribution in [3.63, 3.8) is 0 Å². The van der Waals surface area contributed by atoms with Crippen LogP contribution in [0.1, 0.15) is 33.6 Å². The number of nitrogens with zero attached hydrogens (tertiary/aromatic N) is 2. The normalized spacial score (nSPS) is 23.8. The molecule has 23 heavy (non-hydrogen) atoms. The van der Waals surface area contributed by atoms with E-state index in [1.54, 1.807) is 0 Å². The molecule has 2 unspecified atom stereocenters. The molecule has 1 fully saturated rings. The van der Waals surface area contributed by atoms with Crippen LogP contribution in [0.15, 0.2) is 4.99 Å². The summed E-state index contributed by atoms with van der Waals surface area (Å²) in [6.45, 7) is 9.81. The summed E-state index contributed by atoms with van der Waals surface area (Å²) in [5.41, 5.74) is 0. The largest absolute Gasteiger partial charge is 0.390 e. The van der Waals surface area contributed by atoms with Crippen LogP contribution in [0, 0.1) is 0 Å². The molecule has 0 aromatic rings. The van der Waals surface area contributed by atoms with Crippen molar-refractivity contribution in [2.24, 2.45) is 4.99 Å². The second kappa shape index (κ2) is 9.97. The van der Waals surface area contributed by atoms with Crippen molar-refractivity contribution < 1.29 is 17.9 Å². The van der Waals surface area contributed by atoms with E-state index in [0.29, 0.717) is 19.0 Å². The minimum atomic E-state index is -4.14. The van der Waals surface area contributed by atoms with Gasteiger partial charge in [0.1, 0.15) is 0 Å². The van der Waals surface area contributed by atoms with Gasteiger partial charge in [-0.25, -0.2) is 0 Å². The van der Waals surface area contributed by atoms with Crippen LogP contribution in [0.25, 0.3) is 0 Å². The van der Waals surface area contributed by atoms with E-state index in [1.165, 1.54) is 0 Å². The van der Waals surface area contributed by atoms with Crippen molar-refractivity contribution in [3.8, 4) is 0 Å². The molecule has 1 aliphatic heterocycles. The maximum Gasteiger partial charge on any atom is 0.390 e. The number of alkyl halides is 3. The number of nitrogens with one attached hydrogen (secondary N) is 2. The van der Waals surface area contributed by atoms with Crippen molar-refractivity contribution in [1.82, 2.24) is 15.5 Å². The molecule has 1 heterocycles. The Morgan fingerprint density at radius 1 is 1.22 bits per heavy atom. The fourth-order valence-electron chi connectivity index (χ4n) is 2.62. The molecule has 8 heteroatoms. The Hall–Kier alpha value is -1.02. The topological polar surface area (TPSA) is 48.9 Å². The zero-order chi connectivity index (χ0) is 17.3. The van der Waals surface area contributed by atoms with Crippen molar-refractivity contribution in [2.75, 3.05) is 39.3 Å². The minimum absolute atomic E-state index is 0.159. The van der Waals surface area contributed by atoms with Gasteiger partial charge in [-0.2, -0.15) is 13.2 Å². The lowest BCUT2D eigenvalue weighted by atomic mass is 10.2. The quantitative estimate of drug-likeness (QED) is 0.423. The molecule has 1 saturated heterocycles. The van der Waals surface area contributed by atoms with E-state index in [2.05, 4.69) is 34.4 Å². The van der Waals surface area contributed by atoms with Gasteiger partial charge in [0.2, 0.25) is 0 Å². The monoisotopic (exact) mass is 338 g/mol. The number of ether oxygens (including phenoxy) is 1. The van der Waals surface area contributed by atoms with Crippen LogP contribution in [0.5, 0.6) is 0 Å². The predicted molar refractivity (Wildman–Crippen MR) is 85.7 cm³/mol. The summed E-state index contributed by atoms with van der Waals surface area (Å²) >= 11 is 0. The molecule has 2 atom stereocenters. The van der Waals surface area contributed by atoms with Crippen LogP contribution in [-0.2, 0) is 4.74 Å². The van der Waals surface area contributed by atoms with Gasteiger partial charge in [-0.3, -0.25) is 9.89 Å². The summed E-state index contributed by atoms with van der Waals surface area (Å²) in [6, 6.07) is 0. The lowest BCUT2D eigenvalue weighted by Gasteiger charge is -2.35. The van der Waals surface area contributed by atoms with Gasteiger partial charge in [-0.05, 0) is 27.2 Å². The highest BCUT2D eigenvalue weighted by molar-refractivity contribution is 5.79. The van der Waals surface area contributed by atoms with Gasteiger partial charge in [-0.1, -0.05) is 0 Å². The number of aliphatic imine (C=N–C) groups is 1. The zero-order valence-electron chi connectivity index (χ0n) is 14.2. The molecule has 2 N–H and O–H groups in total. The van der Waals surface area contributed by atoms with Crippen LogP contribution in [-0.4, -0.2) is 68.5 Å². The zero-order valence-corrected chi connectivity index (χ0v) is 14.2. The Labute approximate surface area is 136 Å². The standard InChI is InChI=1S/C15H29F3N4O/c1-4-19-14(21-8-6-15(16,17)18)20-7-5-9-22-10-12(2)23-13(3)11-22/h12-13H,4-11H2,1-3H3,(H2,19,20,21). The van der Waals surface area contributed by atoms with Crippen molar-refractivity contribution in [2.45, 2.75) is 52.0 Å². The van der Waals surface area contributed by atoms with Crippen LogP contribution in [0.2, 0.25) is 0 Å². The van der Waals surface area contributed by atoms with Crippen LogP contribution in [0.3, 0.4) is 0 Å². The SMILES string of the molecule is CCNC(=NCCCN1CC(C)OC(C)C1)NCCC(F)(F)F. The first-order valence-corrected chi connectivity index (χ1v) is 8.27. The van der Waals surface area contributed by atoms with Crippen molar-refractivity contribution in [1.29, 1.82) is 0 Å². The molecule has 136 valence electrons. The lowest BCUT2D eigenvalue weighted by Crippen LogP contribution is -2.45. The van der Waals surface area contributed by atoms with Crippen molar-refractivity contribution in [3.05, 3.63) is 0 Å². The summed E-state index contributed by atoms with van der Waals surface area (Å²) in [5.74, 6) is 0.445. The van der Waals surface area contributed by atoms with Crippen LogP contribution in [0.4, 0.5) is 13.2 Å². The van der Waals surface area contributed by atoms with E-state index in [0.717, 1.165) is 26.1 Å². The van der Waals surface area contributed by atoms with E-state index < -0.39 is 12.6 Å². The molecule has 0 aromatic heterocycles. The summed E-state index contributed by atoms with van der Waals surface area (Å²) in [6.07, 6.45) is -3.66. The van der Waals surface area contributed by atoms with Gasteiger partial charge < -0.3 is 15.4 Å². The summed E-state index contributed by atoms with van der Waals surface area (Å²) < 4.78 is 42.1. The molecule has 0 aliphatic carbocycles. The first-order chi connectivity index (χ1) is 10.8. The van der Waals surface area contributed by atoms with Gasteiger partial charge in [0.25, 0.3) is 0 Å². The van der Waals surface area contributed by atoms with Crippen molar-refractivity contribution >= 4 is 5.96 Å². The summed E-state index contributed by atoms with van der Waals surface area (Å²) in [5, 5.41) is 5.67. The third kappa shape index (κ3) is 9.65. The van der Waals surface area contributed by atoms with Gasteiger partial charge >= 0.3 is 6.18 Å². The van der Waals surface area contributed by atoms with E-state index >= 15 is 0 Å². The summed E-state index contributed by atoms with van der Waals surface area (Å²) in [4.78, 5) is 6.67. The molecule has 5 nitrogen and oxygen atoms in total. The van der Waals surface area contributed by atoms with E-state index in [-0.39, 0.29) is 18.8 Å². The Balaban J connectivity index is 2.28. The van der Waals surface area contributed by atoms with E-state index in [4.69, 9.17) is 4.74 Å². The highest BCUT2D eigenvalue weighted by Gasteiger charge is 2.26. The average molecular weight is 338 g/mol. The van der Waals surface area contributed by atoms with E-state index in [1.807, 2.05) is 6.92 Å². The Morgan fingerprint density at radius 3 is 2.43 bits per heavy atom. The highest BCUT2D eigenvalue weighted by Crippen LogP contribution is 2.18. The fraction of sp³-hybridized carbons (Fsp3) is 0.933. The molecule has 0 saturated carbocycles. The maximum absolute atomic E-state index is 12.2. The highest BCUT2D eigenvalue weighted by atomic mass is 19.4. The Morgan fingerprint density at radius 2 is 1.87 bits per heavy atom. The Bertz CT molecular complexity index is 353.